The summed E-state index contributed by atoms with van der Waals surface area (Å²) in [4.78, 5) is 13.6. The molecule has 0 saturated carbocycles. The second-order valence-electron chi connectivity index (χ2n) is 4.86. The van der Waals surface area contributed by atoms with Crippen molar-refractivity contribution in [3.8, 4) is 0 Å². The Bertz CT molecular complexity index is 751. The van der Waals surface area contributed by atoms with Gasteiger partial charge in [0.2, 0.25) is 0 Å². The summed E-state index contributed by atoms with van der Waals surface area (Å²) in [6.45, 7) is 2.83. The van der Waals surface area contributed by atoms with Crippen LogP contribution in [0.5, 0.6) is 0 Å². The van der Waals surface area contributed by atoms with Gasteiger partial charge in [0, 0.05) is 24.7 Å². The van der Waals surface area contributed by atoms with Gasteiger partial charge in [0.15, 0.2) is 5.65 Å². The van der Waals surface area contributed by atoms with Crippen molar-refractivity contribution >= 4 is 22.8 Å². The summed E-state index contributed by atoms with van der Waals surface area (Å²) in [6.07, 6.45) is 5.33. The minimum atomic E-state index is 0.548. The van der Waals surface area contributed by atoms with Crippen LogP contribution < -0.4 is 0 Å². The Morgan fingerprint density at radius 2 is 1.95 bits per heavy atom. The number of pyridine rings is 2. The van der Waals surface area contributed by atoms with Gasteiger partial charge < -0.3 is 4.57 Å². The van der Waals surface area contributed by atoms with Crippen LogP contribution in [0.3, 0.4) is 0 Å². The lowest BCUT2D eigenvalue weighted by Gasteiger charge is -2.10. The summed E-state index contributed by atoms with van der Waals surface area (Å²) in [7, 11) is 0. The van der Waals surface area contributed by atoms with Gasteiger partial charge >= 0.3 is 0 Å². The third kappa shape index (κ3) is 2.76. The van der Waals surface area contributed by atoms with Gasteiger partial charge in [-0.25, -0.2) is 9.97 Å². The summed E-state index contributed by atoms with van der Waals surface area (Å²) < 4.78 is 2.12. The van der Waals surface area contributed by atoms with E-state index in [9.17, 15) is 0 Å². The van der Waals surface area contributed by atoms with Gasteiger partial charge in [-0.1, -0.05) is 13.0 Å². The fourth-order valence-corrected chi connectivity index (χ4v) is 2.70. The molecule has 108 valence electrons. The lowest BCUT2D eigenvalue weighted by Crippen LogP contribution is -2.09. The molecule has 21 heavy (non-hydrogen) atoms. The number of hydrogen-bond donors (Lipinski definition) is 0. The first-order chi connectivity index (χ1) is 10.3. The molecule has 0 N–H and O–H groups in total. The van der Waals surface area contributed by atoms with E-state index in [0.717, 1.165) is 35.5 Å². The molecule has 0 radical (unpaired) electrons. The van der Waals surface area contributed by atoms with Crippen LogP contribution in [-0.2, 0) is 19.4 Å². The van der Waals surface area contributed by atoms with Crippen molar-refractivity contribution in [1.82, 2.24) is 19.5 Å². The van der Waals surface area contributed by atoms with E-state index in [-0.39, 0.29) is 0 Å². The van der Waals surface area contributed by atoms with Crippen molar-refractivity contribution in [1.29, 1.82) is 0 Å². The van der Waals surface area contributed by atoms with Crippen molar-refractivity contribution in [2.75, 3.05) is 5.88 Å². The molecule has 0 atom stereocenters. The van der Waals surface area contributed by atoms with E-state index in [2.05, 4.69) is 32.5 Å². The highest BCUT2D eigenvalue weighted by Gasteiger charge is 2.13. The second kappa shape index (κ2) is 6.22. The van der Waals surface area contributed by atoms with Crippen molar-refractivity contribution < 1.29 is 0 Å². The molecular weight excluding hydrogens is 284 g/mol. The summed E-state index contributed by atoms with van der Waals surface area (Å²) in [5, 5.41) is 0. The maximum Gasteiger partial charge on any atom is 0.160 e. The average molecular weight is 301 g/mol. The van der Waals surface area contributed by atoms with E-state index >= 15 is 0 Å². The molecule has 3 heterocycles. The predicted molar refractivity (Wildman–Crippen MR) is 84.7 cm³/mol. The summed E-state index contributed by atoms with van der Waals surface area (Å²) in [5.74, 6) is 1.51. The Morgan fingerprint density at radius 1 is 1.14 bits per heavy atom. The molecule has 0 aliphatic carbocycles. The molecular formula is C16H17ClN4. The van der Waals surface area contributed by atoms with Crippen LogP contribution in [0, 0.1) is 0 Å². The smallest absolute Gasteiger partial charge is 0.160 e. The molecule has 4 nitrogen and oxygen atoms in total. The molecule has 0 spiro atoms. The number of rotatable bonds is 5. The van der Waals surface area contributed by atoms with Crippen LogP contribution in [0.25, 0.3) is 11.2 Å². The lowest BCUT2D eigenvalue weighted by atomic mass is 10.1. The number of fused-ring (bicyclic) bond motifs is 1. The van der Waals surface area contributed by atoms with Crippen molar-refractivity contribution in [3.05, 3.63) is 53.7 Å². The zero-order valence-electron chi connectivity index (χ0n) is 12.0. The molecule has 0 fully saturated rings. The van der Waals surface area contributed by atoms with E-state index < -0.39 is 0 Å². The molecule has 3 aromatic rings. The summed E-state index contributed by atoms with van der Waals surface area (Å²) >= 11 is 5.91. The number of imidazole rings is 1. The zero-order chi connectivity index (χ0) is 14.7. The number of nitrogens with zero attached hydrogens (tertiary/aromatic N) is 4. The fraction of sp³-hybridized carbons (Fsp3) is 0.312. The van der Waals surface area contributed by atoms with E-state index in [1.807, 2.05) is 24.4 Å². The highest BCUT2D eigenvalue weighted by Crippen LogP contribution is 2.17. The first kappa shape index (κ1) is 14.0. The number of aromatic nitrogens is 4. The van der Waals surface area contributed by atoms with Crippen LogP contribution in [0.4, 0.5) is 0 Å². The normalized spacial score (nSPS) is 11.1. The molecule has 0 amide bonds. The molecule has 0 aliphatic heterocycles. The van der Waals surface area contributed by atoms with Gasteiger partial charge in [0.05, 0.1) is 12.2 Å². The predicted octanol–water partition coefficient (Wildman–Crippen LogP) is 3.22. The first-order valence-electron chi connectivity index (χ1n) is 7.12. The van der Waals surface area contributed by atoms with Crippen molar-refractivity contribution in [2.24, 2.45) is 0 Å². The standard InChI is InChI=1S/C16H17ClN4/c1-2-12-5-3-9-18-14(12)11-21-15(7-8-17)20-13-6-4-10-19-16(13)21/h3-6,9-10H,2,7-8,11H2,1H3. The van der Waals surface area contributed by atoms with Gasteiger partial charge in [-0.05, 0) is 30.2 Å². The van der Waals surface area contributed by atoms with Crippen molar-refractivity contribution in [3.63, 3.8) is 0 Å². The Morgan fingerprint density at radius 3 is 2.76 bits per heavy atom. The van der Waals surface area contributed by atoms with Crippen LogP contribution in [0.2, 0.25) is 0 Å². The highest BCUT2D eigenvalue weighted by molar-refractivity contribution is 6.17. The molecule has 3 aromatic heterocycles. The quantitative estimate of drug-likeness (QED) is 0.680. The van der Waals surface area contributed by atoms with Gasteiger partial charge in [-0.15, -0.1) is 11.6 Å². The van der Waals surface area contributed by atoms with Gasteiger partial charge in [-0.2, -0.15) is 0 Å². The maximum atomic E-state index is 5.91. The Balaban J connectivity index is 2.08. The number of alkyl halides is 1. The largest absolute Gasteiger partial charge is 0.307 e. The van der Waals surface area contributed by atoms with Crippen LogP contribution >= 0.6 is 11.6 Å². The van der Waals surface area contributed by atoms with Gasteiger partial charge in [-0.3, -0.25) is 4.98 Å². The number of hydrogen-bond acceptors (Lipinski definition) is 3. The van der Waals surface area contributed by atoms with Crippen molar-refractivity contribution in [2.45, 2.75) is 26.3 Å². The molecule has 5 heteroatoms. The highest BCUT2D eigenvalue weighted by atomic mass is 35.5. The summed E-state index contributed by atoms with van der Waals surface area (Å²) in [6, 6.07) is 7.99. The molecule has 0 aromatic carbocycles. The Labute approximate surface area is 128 Å². The monoisotopic (exact) mass is 300 g/mol. The van der Waals surface area contributed by atoms with E-state index in [4.69, 9.17) is 11.6 Å². The second-order valence-corrected chi connectivity index (χ2v) is 5.24. The third-order valence-corrected chi connectivity index (χ3v) is 3.76. The van der Waals surface area contributed by atoms with E-state index in [0.29, 0.717) is 12.4 Å². The number of aryl methyl sites for hydroxylation is 2. The van der Waals surface area contributed by atoms with Crippen LogP contribution in [0.15, 0.2) is 36.7 Å². The number of halogens is 1. The molecule has 3 rings (SSSR count). The van der Waals surface area contributed by atoms with E-state index in [1.165, 1.54) is 5.56 Å². The molecule has 0 aliphatic rings. The maximum absolute atomic E-state index is 5.91. The van der Waals surface area contributed by atoms with Gasteiger partial charge in [0.1, 0.15) is 11.3 Å². The Kier molecular flexibility index (Phi) is 4.15. The topological polar surface area (TPSA) is 43.6 Å². The first-order valence-corrected chi connectivity index (χ1v) is 7.65. The van der Waals surface area contributed by atoms with E-state index in [1.54, 1.807) is 6.20 Å². The fourth-order valence-electron chi connectivity index (χ4n) is 2.53. The molecule has 0 saturated heterocycles. The lowest BCUT2D eigenvalue weighted by molar-refractivity contribution is 0.723. The van der Waals surface area contributed by atoms with Crippen LogP contribution in [-0.4, -0.2) is 25.4 Å². The molecule has 0 bridgehead atoms. The average Bonchev–Trinajstić information content (AvgIpc) is 2.86. The minimum absolute atomic E-state index is 0.548. The minimum Gasteiger partial charge on any atom is -0.307 e. The third-order valence-electron chi connectivity index (χ3n) is 3.57. The molecule has 0 unspecified atom stereocenters. The summed E-state index contributed by atoms with van der Waals surface area (Å²) in [5.41, 5.74) is 4.13. The van der Waals surface area contributed by atoms with Crippen LogP contribution in [0.1, 0.15) is 24.0 Å². The SMILES string of the molecule is CCc1cccnc1Cn1c(CCCl)nc2cccnc21. The Hall–Kier alpha value is -1.94. The van der Waals surface area contributed by atoms with Gasteiger partial charge in [0.25, 0.3) is 0 Å². The zero-order valence-corrected chi connectivity index (χ0v) is 12.7.